The molecule has 5 heteroatoms. The van der Waals surface area contributed by atoms with Gasteiger partial charge in [-0.3, -0.25) is 4.79 Å². The van der Waals surface area contributed by atoms with Crippen LogP contribution in [0.3, 0.4) is 0 Å². The minimum atomic E-state index is 0.00670. The number of nitrogens with two attached hydrogens (primary N) is 1. The molecule has 17 heavy (non-hydrogen) atoms. The van der Waals surface area contributed by atoms with E-state index in [0.717, 1.165) is 17.0 Å². The molecular weight excluding hydrogens is 252 g/mol. The Balaban J connectivity index is 2.30. The highest BCUT2D eigenvalue weighted by Gasteiger charge is 2.04. The van der Waals surface area contributed by atoms with Crippen LogP contribution in [0.1, 0.15) is 12.0 Å². The Kier molecular flexibility index (Phi) is 6.00. The van der Waals surface area contributed by atoms with E-state index in [2.05, 4.69) is 5.32 Å². The van der Waals surface area contributed by atoms with E-state index in [-0.39, 0.29) is 5.91 Å². The van der Waals surface area contributed by atoms with Crippen LogP contribution in [0.25, 0.3) is 0 Å². The summed E-state index contributed by atoms with van der Waals surface area (Å²) in [5.41, 5.74) is 7.30. The van der Waals surface area contributed by atoms with Crippen LogP contribution in [0.5, 0.6) is 0 Å². The third-order valence-electron chi connectivity index (χ3n) is 2.15. The van der Waals surface area contributed by atoms with E-state index in [1.807, 2.05) is 31.2 Å². The van der Waals surface area contributed by atoms with Gasteiger partial charge in [-0.2, -0.15) is 11.8 Å². The van der Waals surface area contributed by atoms with Crippen molar-refractivity contribution in [3.63, 3.8) is 0 Å². The van der Waals surface area contributed by atoms with Crippen LogP contribution >= 0.6 is 24.0 Å². The van der Waals surface area contributed by atoms with Crippen molar-refractivity contribution in [2.45, 2.75) is 13.3 Å². The van der Waals surface area contributed by atoms with E-state index in [0.29, 0.717) is 17.2 Å². The molecule has 3 N–H and O–H groups in total. The maximum absolute atomic E-state index is 11.6. The first-order valence-corrected chi connectivity index (χ1v) is 6.87. The summed E-state index contributed by atoms with van der Waals surface area (Å²) < 4.78 is 0. The van der Waals surface area contributed by atoms with Crippen LogP contribution in [0.2, 0.25) is 0 Å². The Morgan fingerprint density at radius 2 is 2.18 bits per heavy atom. The van der Waals surface area contributed by atoms with Gasteiger partial charge in [-0.15, -0.1) is 0 Å². The molecule has 0 radical (unpaired) electrons. The van der Waals surface area contributed by atoms with Crippen molar-refractivity contribution in [3.8, 4) is 0 Å². The third kappa shape index (κ3) is 5.70. The number of rotatable bonds is 6. The zero-order chi connectivity index (χ0) is 12.7. The molecule has 0 aliphatic rings. The van der Waals surface area contributed by atoms with Gasteiger partial charge < -0.3 is 11.1 Å². The monoisotopic (exact) mass is 268 g/mol. The van der Waals surface area contributed by atoms with Crippen molar-refractivity contribution in [2.24, 2.45) is 5.73 Å². The predicted molar refractivity (Wildman–Crippen MR) is 78.5 cm³/mol. The van der Waals surface area contributed by atoms with Gasteiger partial charge >= 0.3 is 0 Å². The first-order chi connectivity index (χ1) is 8.09. The quantitative estimate of drug-likeness (QED) is 0.614. The van der Waals surface area contributed by atoms with Gasteiger partial charge in [0.05, 0.1) is 10.7 Å². The molecule has 0 aromatic heterocycles. The lowest BCUT2D eigenvalue weighted by atomic mass is 10.2. The van der Waals surface area contributed by atoms with Gasteiger partial charge in [0.1, 0.15) is 0 Å². The van der Waals surface area contributed by atoms with E-state index < -0.39 is 0 Å². The molecule has 1 amide bonds. The smallest absolute Gasteiger partial charge is 0.234 e. The Bertz CT molecular complexity index is 407. The van der Waals surface area contributed by atoms with E-state index in [1.54, 1.807) is 0 Å². The minimum absolute atomic E-state index is 0.00670. The van der Waals surface area contributed by atoms with Gasteiger partial charge in [-0.25, -0.2) is 0 Å². The lowest BCUT2D eigenvalue weighted by Gasteiger charge is -2.07. The van der Waals surface area contributed by atoms with E-state index >= 15 is 0 Å². The zero-order valence-electron chi connectivity index (χ0n) is 9.73. The number of para-hydroxylation sites is 1. The molecule has 0 saturated carbocycles. The second kappa shape index (κ2) is 7.29. The molecule has 92 valence electrons. The first-order valence-electron chi connectivity index (χ1n) is 5.31. The number of thioether (sulfide) groups is 1. The number of carbonyl (C=O) groups excluding carboxylic acids is 1. The zero-order valence-corrected chi connectivity index (χ0v) is 11.4. The number of benzene rings is 1. The van der Waals surface area contributed by atoms with E-state index in [1.165, 1.54) is 11.8 Å². The van der Waals surface area contributed by atoms with Gasteiger partial charge in [0.15, 0.2) is 0 Å². The van der Waals surface area contributed by atoms with Crippen molar-refractivity contribution in [1.82, 2.24) is 0 Å². The molecule has 0 saturated heterocycles. The van der Waals surface area contributed by atoms with Crippen molar-refractivity contribution in [1.29, 1.82) is 0 Å². The number of hydrogen-bond donors (Lipinski definition) is 2. The molecule has 0 spiro atoms. The van der Waals surface area contributed by atoms with Gasteiger partial charge in [-0.1, -0.05) is 30.4 Å². The molecule has 0 aliphatic carbocycles. The normalized spacial score (nSPS) is 9.94. The molecule has 0 atom stereocenters. The first kappa shape index (κ1) is 14.0. The molecule has 0 unspecified atom stereocenters. The van der Waals surface area contributed by atoms with Crippen LogP contribution in [0, 0.1) is 6.92 Å². The maximum Gasteiger partial charge on any atom is 0.234 e. The number of nitrogens with one attached hydrogen (secondary N) is 1. The Morgan fingerprint density at radius 1 is 1.47 bits per heavy atom. The Labute approximate surface area is 111 Å². The summed E-state index contributed by atoms with van der Waals surface area (Å²) in [5, 5.41) is 2.87. The summed E-state index contributed by atoms with van der Waals surface area (Å²) in [6.45, 7) is 1.97. The lowest BCUT2D eigenvalue weighted by molar-refractivity contribution is -0.113. The summed E-state index contributed by atoms with van der Waals surface area (Å²) in [4.78, 5) is 12.1. The predicted octanol–water partition coefficient (Wildman–Crippen LogP) is 2.34. The fourth-order valence-corrected chi connectivity index (χ4v) is 2.23. The van der Waals surface area contributed by atoms with Gasteiger partial charge in [0.25, 0.3) is 0 Å². The van der Waals surface area contributed by atoms with E-state index in [4.69, 9.17) is 18.0 Å². The average Bonchev–Trinajstić information content (AvgIpc) is 2.27. The molecule has 0 aliphatic heterocycles. The average molecular weight is 268 g/mol. The molecule has 0 fully saturated rings. The molecule has 0 bridgehead atoms. The van der Waals surface area contributed by atoms with Crippen LogP contribution < -0.4 is 11.1 Å². The Morgan fingerprint density at radius 3 is 2.82 bits per heavy atom. The van der Waals surface area contributed by atoms with Crippen molar-refractivity contribution >= 4 is 40.6 Å². The highest BCUT2D eigenvalue weighted by atomic mass is 32.2. The summed E-state index contributed by atoms with van der Waals surface area (Å²) in [6, 6.07) is 7.72. The fraction of sp³-hybridized carbons (Fsp3) is 0.333. The fourth-order valence-electron chi connectivity index (χ4n) is 1.24. The van der Waals surface area contributed by atoms with Crippen LogP contribution in [0.15, 0.2) is 24.3 Å². The van der Waals surface area contributed by atoms with E-state index in [9.17, 15) is 4.79 Å². The van der Waals surface area contributed by atoms with Gasteiger partial charge in [0.2, 0.25) is 5.91 Å². The molecule has 1 aromatic rings. The molecule has 1 rings (SSSR count). The van der Waals surface area contributed by atoms with Crippen LogP contribution in [-0.4, -0.2) is 22.4 Å². The molecule has 0 heterocycles. The van der Waals surface area contributed by atoms with Crippen LogP contribution in [-0.2, 0) is 4.79 Å². The molecular formula is C12H16N2OS2. The van der Waals surface area contributed by atoms with Gasteiger partial charge in [0, 0.05) is 17.9 Å². The van der Waals surface area contributed by atoms with Crippen molar-refractivity contribution in [3.05, 3.63) is 29.8 Å². The Hall–Kier alpha value is -1.07. The van der Waals surface area contributed by atoms with Gasteiger partial charge in [-0.05, 0) is 18.6 Å². The number of aryl methyl sites for hydroxylation is 1. The van der Waals surface area contributed by atoms with Crippen molar-refractivity contribution < 1.29 is 4.79 Å². The highest BCUT2D eigenvalue weighted by Crippen LogP contribution is 2.13. The second-order valence-electron chi connectivity index (χ2n) is 3.63. The number of amides is 1. The molecule has 3 nitrogen and oxygen atoms in total. The third-order valence-corrected chi connectivity index (χ3v) is 3.31. The largest absolute Gasteiger partial charge is 0.393 e. The summed E-state index contributed by atoms with van der Waals surface area (Å²) in [7, 11) is 0. The van der Waals surface area contributed by atoms with Crippen LogP contribution in [0.4, 0.5) is 5.69 Å². The minimum Gasteiger partial charge on any atom is -0.393 e. The maximum atomic E-state index is 11.6. The number of hydrogen-bond acceptors (Lipinski definition) is 3. The molecule has 1 aromatic carbocycles. The van der Waals surface area contributed by atoms with Crippen molar-refractivity contribution in [2.75, 3.05) is 16.8 Å². The lowest BCUT2D eigenvalue weighted by Crippen LogP contribution is -2.16. The second-order valence-corrected chi connectivity index (χ2v) is 5.26. The summed E-state index contributed by atoms with van der Waals surface area (Å²) in [5.74, 6) is 1.22. The number of thiocarbonyl (C=S) groups is 1. The summed E-state index contributed by atoms with van der Waals surface area (Å²) >= 11 is 6.30. The topological polar surface area (TPSA) is 55.1 Å². The number of anilines is 1. The highest BCUT2D eigenvalue weighted by molar-refractivity contribution is 8.00. The summed E-state index contributed by atoms with van der Waals surface area (Å²) in [6.07, 6.45) is 0.678. The SMILES string of the molecule is Cc1ccccc1NC(=O)CSCCC(N)=S. The standard InChI is InChI=1S/C12H16N2OS2/c1-9-4-2-3-5-10(9)14-12(15)8-17-7-6-11(13)16/h2-5H,6-8H2,1H3,(H2,13,16)(H,14,15). The number of carbonyl (C=O) groups is 1.